The highest BCUT2D eigenvalue weighted by atomic mass is 19.5. The fourth-order valence-corrected chi connectivity index (χ4v) is 8.70. The molecular weight excluding hydrogens is 735 g/mol. The number of rotatable bonds is 6. The summed E-state index contributed by atoms with van der Waals surface area (Å²) in [6.45, 7) is 1.96. The lowest BCUT2D eigenvalue weighted by Gasteiger charge is -2.18. The SMILES string of the molecule is COc1ccccc1-c1cc2ccc1CCc1ccc(c(N3C=[N+](c4cc5ccc4CCc4ccc(c(-c6ccccc6OC)c4)CC5)CC3)c1)CC2.F[B-](F)(F)F. The van der Waals surface area contributed by atoms with Gasteiger partial charge in [-0.2, -0.15) is 0 Å². The average Bonchev–Trinajstić information content (AvgIpc) is 3.72. The van der Waals surface area contributed by atoms with Gasteiger partial charge in [-0.3, -0.25) is 0 Å². The summed E-state index contributed by atoms with van der Waals surface area (Å²) in [7, 11) is -2.46. The van der Waals surface area contributed by atoms with Gasteiger partial charge in [-0.25, -0.2) is 9.48 Å². The molecule has 6 aromatic carbocycles. The summed E-state index contributed by atoms with van der Waals surface area (Å²) in [6, 6.07) is 45.5. The normalized spacial score (nSPS) is 14.8. The summed E-state index contributed by atoms with van der Waals surface area (Å²) in [4.78, 5) is 2.52. The zero-order chi connectivity index (χ0) is 40.2. The number of anilines is 1. The number of ether oxygens (including phenoxy) is 2. The zero-order valence-corrected chi connectivity index (χ0v) is 33.0. The van der Waals surface area contributed by atoms with E-state index in [0.717, 1.165) is 76.0 Å². The standard InChI is InChI=1S/C49H47N2O2.BF4/c1-52-48-9-5-3-7-42(48)44-29-34-11-19-38(44)21-13-36-17-25-40(23-15-34)46(31-36)50-27-28-51(33-50)47-32-37-14-22-39-20-12-35(16-24-41(47)26-18-37)30-45(39)43-8-4-6-10-49(43)53-2;2-1(3,4)5/h3-12,17-20,25-26,29-33H,13-16,21-24,27-28H2,1-2H3;/q+1;-1. The maximum Gasteiger partial charge on any atom is 0.673 e. The second kappa shape index (κ2) is 17.0. The van der Waals surface area contributed by atoms with Gasteiger partial charge in [0.2, 0.25) is 6.34 Å². The van der Waals surface area contributed by atoms with Gasteiger partial charge < -0.3 is 26.7 Å². The molecule has 0 saturated heterocycles. The Morgan fingerprint density at radius 2 is 0.914 bits per heavy atom. The van der Waals surface area contributed by atoms with Crippen molar-refractivity contribution >= 4 is 25.0 Å². The fraction of sp³-hybridized carbons (Fsp3) is 0.245. The molecular formula is C49H47BF4N2O2. The van der Waals surface area contributed by atoms with Crippen LogP contribution >= 0.6 is 0 Å². The molecule has 0 N–H and O–H groups in total. The second-order valence-electron chi connectivity index (χ2n) is 15.3. The Morgan fingerprint density at radius 3 is 1.45 bits per heavy atom. The highest BCUT2D eigenvalue weighted by Gasteiger charge is 2.28. The molecule has 0 saturated carbocycles. The minimum atomic E-state index is -6.00. The van der Waals surface area contributed by atoms with Crippen LogP contribution in [0.15, 0.2) is 121 Å². The van der Waals surface area contributed by atoms with E-state index in [1.807, 2.05) is 0 Å². The molecule has 9 heteroatoms. The first-order chi connectivity index (χ1) is 28.1. The molecule has 0 amide bonds. The molecule has 4 nitrogen and oxygen atoms in total. The molecule has 0 unspecified atom stereocenters. The van der Waals surface area contributed by atoms with E-state index < -0.39 is 7.25 Å². The van der Waals surface area contributed by atoms with Crippen LogP contribution in [0.1, 0.15) is 44.5 Å². The second-order valence-corrected chi connectivity index (χ2v) is 15.3. The van der Waals surface area contributed by atoms with Crippen molar-refractivity contribution in [3.8, 4) is 33.8 Å². The van der Waals surface area contributed by atoms with Crippen LogP contribution in [0, 0.1) is 0 Å². The van der Waals surface area contributed by atoms with E-state index in [1.54, 1.807) is 14.2 Å². The number of halogens is 4. The first kappa shape index (κ1) is 39.0. The molecule has 8 bridgehead atoms. The van der Waals surface area contributed by atoms with Gasteiger partial charge in [-0.05, 0) is 131 Å². The Balaban J connectivity index is 0.000000887. The van der Waals surface area contributed by atoms with Crippen LogP contribution in [0.2, 0.25) is 0 Å². The van der Waals surface area contributed by atoms with E-state index in [-0.39, 0.29) is 0 Å². The topological polar surface area (TPSA) is 24.7 Å². The molecule has 15 rings (SSSR count). The van der Waals surface area contributed by atoms with Crippen molar-refractivity contribution in [2.75, 3.05) is 32.2 Å². The molecule has 1 heterocycles. The van der Waals surface area contributed by atoms with Crippen LogP contribution in [-0.4, -0.2) is 45.5 Å². The summed E-state index contributed by atoms with van der Waals surface area (Å²) in [5, 5.41) is 0. The van der Waals surface area contributed by atoms with Gasteiger partial charge in [0.1, 0.15) is 36.0 Å². The number of nitrogens with zero attached hydrogens (tertiary/aromatic N) is 2. The summed E-state index contributed by atoms with van der Waals surface area (Å²) in [5.41, 5.74) is 18.8. The molecule has 0 fully saturated rings. The van der Waals surface area contributed by atoms with E-state index in [2.05, 4.69) is 137 Å². The Morgan fingerprint density at radius 1 is 0.483 bits per heavy atom. The molecule has 0 radical (unpaired) electrons. The van der Waals surface area contributed by atoms with Crippen LogP contribution in [-0.2, 0) is 51.4 Å². The van der Waals surface area contributed by atoms with Gasteiger partial charge in [0, 0.05) is 11.1 Å². The molecule has 58 heavy (non-hydrogen) atoms. The van der Waals surface area contributed by atoms with E-state index >= 15 is 0 Å². The van der Waals surface area contributed by atoms with Crippen LogP contribution in [0.5, 0.6) is 11.5 Å². The summed E-state index contributed by atoms with van der Waals surface area (Å²) >= 11 is 0. The fourth-order valence-electron chi connectivity index (χ4n) is 8.70. The minimum absolute atomic E-state index is 0.937. The lowest BCUT2D eigenvalue weighted by molar-refractivity contribution is -0.424. The third-order valence-electron chi connectivity index (χ3n) is 11.7. The van der Waals surface area contributed by atoms with Gasteiger partial charge in [0.15, 0.2) is 0 Å². The molecule has 1 aliphatic heterocycles. The number of methoxy groups -OCH3 is 2. The average molecular weight is 783 g/mol. The predicted molar refractivity (Wildman–Crippen MR) is 228 cm³/mol. The smallest absolute Gasteiger partial charge is 0.496 e. The summed E-state index contributed by atoms with van der Waals surface area (Å²) in [6.07, 6.45) is 10.4. The van der Waals surface area contributed by atoms with E-state index in [0.29, 0.717) is 0 Å². The largest absolute Gasteiger partial charge is 0.673 e. The van der Waals surface area contributed by atoms with E-state index in [4.69, 9.17) is 9.47 Å². The first-order valence-corrected chi connectivity index (χ1v) is 20.1. The number of para-hydroxylation sites is 2. The third-order valence-corrected chi connectivity index (χ3v) is 11.7. The Hall–Kier alpha value is -5.83. The number of aryl methyl sites for hydroxylation is 8. The third kappa shape index (κ3) is 8.84. The number of hydrogen-bond donors (Lipinski definition) is 0. The Bertz CT molecular complexity index is 2470. The highest BCUT2D eigenvalue weighted by molar-refractivity contribution is 6.50. The van der Waals surface area contributed by atoms with Gasteiger partial charge in [0.05, 0.1) is 14.2 Å². The van der Waals surface area contributed by atoms with Crippen LogP contribution < -0.4 is 14.4 Å². The summed E-state index contributed by atoms with van der Waals surface area (Å²) in [5.74, 6) is 1.87. The van der Waals surface area contributed by atoms with E-state index in [1.165, 1.54) is 78.1 Å². The van der Waals surface area contributed by atoms with Crippen molar-refractivity contribution in [3.05, 3.63) is 166 Å². The van der Waals surface area contributed by atoms with Gasteiger partial charge in [0.25, 0.3) is 0 Å². The van der Waals surface area contributed by atoms with Crippen LogP contribution in [0.3, 0.4) is 0 Å². The van der Waals surface area contributed by atoms with E-state index in [9.17, 15) is 17.3 Å². The highest BCUT2D eigenvalue weighted by Crippen LogP contribution is 2.37. The van der Waals surface area contributed by atoms with Crippen molar-refractivity contribution in [1.82, 2.24) is 0 Å². The summed E-state index contributed by atoms with van der Waals surface area (Å²) < 4.78 is 53.1. The molecule has 6 aromatic rings. The van der Waals surface area contributed by atoms with Crippen molar-refractivity contribution in [1.29, 1.82) is 0 Å². The lowest BCUT2D eigenvalue weighted by atomic mass is 9.89. The van der Waals surface area contributed by atoms with Gasteiger partial charge in [-0.1, -0.05) is 97.1 Å². The minimum Gasteiger partial charge on any atom is -0.496 e. The molecule has 0 aromatic heterocycles. The first-order valence-electron chi connectivity index (χ1n) is 20.1. The molecule has 8 aliphatic carbocycles. The maximum atomic E-state index is 9.75. The predicted octanol–water partition coefficient (Wildman–Crippen LogP) is 11.3. The molecule has 0 spiro atoms. The lowest BCUT2D eigenvalue weighted by Crippen LogP contribution is -2.20. The molecule has 0 atom stereocenters. The number of hydrogen-bond acceptors (Lipinski definition) is 3. The Kier molecular flexibility index (Phi) is 11.4. The zero-order valence-electron chi connectivity index (χ0n) is 33.0. The van der Waals surface area contributed by atoms with Crippen molar-refractivity contribution in [2.24, 2.45) is 0 Å². The van der Waals surface area contributed by atoms with Crippen molar-refractivity contribution in [2.45, 2.75) is 51.4 Å². The monoisotopic (exact) mass is 782 g/mol. The Labute approximate surface area is 338 Å². The van der Waals surface area contributed by atoms with Crippen LogP contribution in [0.25, 0.3) is 22.3 Å². The maximum absolute atomic E-state index is 9.75. The quantitative estimate of drug-likeness (QED) is 0.0956. The van der Waals surface area contributed by atoms with Crippen molar-refractivity contribution < 1.29 is 31.3 Å². The van der Waals surface area contributed by atoms with Crippen molar-refractivity contribution in [3.63, 3.8) is 0 Å². The van der Waals surface area contributed by atoms with Gasteiger partial charge in [-0.15, -0.1) is 0 Å². The van der Waals surface area contributed by atoms with Crippen LogP contribution in [0.4, 0.5) is 28.6 Å². The molecule has 9 aliphatic rings. The number of benzene rings is 6. The van der Waals surface area contributed by atoms with Gasteiger partial charge >= 0.3 is 7.25 Å². The molecule has 296 valence electrons.